The van der Waals surface area contributed by atoms with Crippen LogP contribution < -0.4 is 0 Å². The first-order chi connectivity index (χ1) is 5.26. The first-order valence-corrected chi connectivity index (χ1v) is 5.41. The molecule has 64 valence electrons. The number of hydrogen-bond donors (Lipinski definition) is 0. The van der Waals surface area contributed by atoms with Gasteiger partial charge in [-0.15, -0.1) is 0 Å². The largest absolute Gasteiger partial charge is 0.258 e. The van der Waals surface area contributed by atoms with E-state index in [1.807, 2.05) is 6.92 Å². The van der Waals surface area contributed by atoms with Gasteiger partial charge in [0.15, 0.2) is 0 Å². The average Bonchev–Trinajstić information content (AvgIpc) is 2.03. The molecule has 11 heavy (non-hydrogen) atoms. The number of rotatable bonds is 5. The zero-order valence-electron chi connectivity index (χ0n) is 7.17. The van der Waals surface area contributed by atoms with Crippen LogP contribution in [0.3, 0.4) is 0 Å². The molecular formula is C8H15NOS. The third kappa shape index (κ3) is 4.15. The maximum atomic E-state index is 11.3. The summed E-state index contributed by atoms with van der Waals surface area (Å²) in [5, 5.41) is 8.30. The van der Waals surface area contributed by atoms with Gasteiger partial charge >= 0.3 is 0 Å². The van der Waals surface area contributed by atoms with E-state index in [2.05, 4.69) is 13.0 Å². The molecule has 0 radical (unpaired) electrons. The summed E-state index contributed by atoms with van der Waals surface area (Å²) in [4.78, 5) is 0. The van der Waals surface area contributed by atoms with Gasteiger partial charge < -0.3 is 0 Å². The highest BCUT2D eigenvalue weighted by atomic mass is 32.2. The van der Waals surface area contributed by atoms with Gasteiger partial charge in [-0.3, -0.25) is 4.21 Å². The molecule has 0 saturated carbocycles. The summed E-state index contributed by atoms with van der Waals surface area (Å²) >= 11 is 0. The Balaban J connectivity index is 3.72. The van der Waals surface area contributed by atoms with Crippen LogP contribution in [0.15, 0.2) is 0 Å². The number of hydrogen-bond acceptors (Lipinski definition) is 2. The van der Waals surface area contributed by atoms with Crippen molar-refractivity contribution in [1.29, 1.82) is 5.26 Å². The lowest BCUT2D eigenvalue weighted by Crippen LogP contribution is -2.14. The Morgan fingerprint density at radius 1 is 1.55 bits per heavy atom. The predicted molar refractivity (Wildman–Crippen MR) is 47.6 cm³/mol. The first kappa shape index (κ1) is 10.6. The summed E-state index contributed by atoms with van der Waals surface area (Å²) in [6.07, 6.45) is 2.71. The summed E-state index contributed by atoms with van der Waals surface area (Å²) in [5.41, 5.74) is 0. The molecule has 0 amide bonds. The molecule has 0 heterocycles. The minimum absolute atomic E-state index is 0.249. The topological polar surface area (TPSA) is 40.9 Å². The molecule has 0 aliphatic rings. The summed E-state index contributed by atoms with van der Waals surface area (Å²) in [6.45, 7) is 3.96. The van der Waals surface area contributed by atoms with Crippen LogP contribution in [0.5, 0.6) is 0 Å². The third-order valence-corrected chi connectivity index (χ3v) is 3.30. The molecule has 0 saturated heterocycles. The van der Waals surface area contributed by atoms with E-state index in [-0.39, 0.29) is 5.25 Å². The Morgan fingerprint density at radius 2 is 2.18 bits per heavy atom. The van der Waals surface area contributed by atoms with Crippen LogP contribution in [0.2, 0.25) is 0 Å². The fourth-order valence-corrected chi connectivity index (χ4v) is 2.11. The van der Waals surface area contributed by atoms with E-state index in [1.54, 1.807) is 0 Å². The normalized spacial score (nSPS) is 15.4. The predicted octanol–water partition coefficient (Wildman–Crippen LogP) is 1.84. The molecule has 0 spiro atoms. The maximum absolute atomic E-state index is 11.3. The maximum Gasteiger partial charge on any atom is 0.121 e. The second-order valence-corrected chi connectivity index (χ2v) is 4.20. The molecule has 2 nitrogen and oxygen atoms in total. The van der Waals surface area contributed by atoms with Crippen molar-refractivity contribution in [2.45, 2.75) is 38.4 Å². The van der Waals surface area contributed by atoms with Crippen LogP contribution in [0, 0.1) is 11.3 Å². The molecule has 0 rings (SSSR count). The Bertz CT molecular complexity index is 162. The molecule has 0 aromatic rings. The van der Waals surface area contributed by atoms with E-state index in [1.165, 1.54) is 0 Å². The van der Waals surface area contributed by atoms with Gasteiger partial charge in [-0.25, -0.2) is 0 Å². The number of nitrogens with zero attached hydrogens (tertiary/aromatic N) is 1. The number of unbranched alkanes of at least 4 members (excludes halogenated alkanes) is 1. The lowest BCUT2D eigenvalue weighted by atomic mass is 10.4. The molecule has 2 atom stereocenters. The Morgan fingerprint density at radius 3 is 2.55 bits per heavy atom. The molecule has 0 N–H and O–H groups in total. The van der Waals surface area contributed by atoms with Crippen LogP contribution in [0.4, 0.5) is 0 Å². The molecule has 0 aromatic carbocycles. The minimum Gasteiger partial charge on any atom is -0.258 e. The van der Waals surface area contributed by atoms with Gasteiger partial charge in [-0.1, -0.05) is 20.3 Å². The summed E-state index contributed by atoms with van der Waals surface area (Å²) in [7, 11) is -0.919. The zero-order valence-corrected chi connectivity index (χ0v) is 7.99. The van der Waals surface area contributed by atoms with Gasteiger partial charge in [0.25, 0.3) is 0 Å². The quantitative estimate of drug-likeness (QED) is 0.636. The van der Waals surface area contributed by atoms with Gasteiger partial charge in [0, 0.05) is 16.6 Å². The minimum atomic E-state index is -0.919. The van der Waals surface area contributed by atoms with Crippen LogP contribution in [0.25, 0.3) is 0 Å². The van der Waals surface area contributed by atoms with Crippen molar-refractivity contribution in [1.82, 2.24) is 0 Å². The lowest BCUT2D eigenvalue weighted by Gasteiger charge is -2.04. The standard InChI is InChI=1S/C8H15NOS/c1-3-5-6-11(10)8(4-2)7-9/h8H,3-6H2,1-2H3. The SMILES string of the molecule is CCCCS(=O)C(C#N)CC. The van der Waals surface area contributed by atoms with Crippen LogP contribution >= 0.6 is 0 Å². The van der Waals surface area contributed by atoms with E-state index in [4.69, 9.17) is 5.26 Å². The van der Waals surface area contributed by atoms with Crippen molar-refractivity contribution in [2.24, 2.45) is 0 Å². The van der Waals surface area contributed by atoms with E-state index in [0.717, 1.165) is 12.8 Å². The van der Waals surface area contributed by atoms with E-state index < -0.39 is 10.8 Å². The molecular weight excluding hydrogens is 158 g/mol. The van der Waals surface area contributed by atoms with Gasteiger partial charge in [-0.2, -0.15) is 5.26 Å². The van der Waals surface area contributed by atoms with Gasteiger partial charge in [0.1, 0.15) is 5.25 Å². The van der Waals surface area contributed by atoms with Crippen molar-refractivity contribution < 1.29 is 4.21 Å². The van der Waals surface area contributed by atoms with Crippen molar-refractivity contribution in [3.05, 3.63) is 0 Å². The molecule has 0 fully saturated rings. The number of nitriles is 1. The molecule has 3 heteroatoms. The van der Waals surface area contributed by atoms with Crippen molar-refractivity contribution in [3.63, 3.8) is 0 Å². The second-order valence-electron chi connectivity index (χ2n) is 2.46. The molecule has 0 aromatic heterocycles. The second kappa shape index (κ2) is 6.36. The zero-order chi connectivity index (χ0) is 8.69. The Kier molecular flexibility index (Phi) is 6.15. The monoisotopic (exact) mass is 173 g/mol. The summed E-state index contributed by atoms with van der Waals surface area (Å²) in [6, 6.07) is 2.06. The first-order valence-electron chi connectivity index (χ1n) is 4.03. The molecule has 0 aliphatic carbocycles. The molecule has 0 bridgehead atoms. The fourth-order valence-electron chi connectivity index (χ4n) is 0.765. The Hall–Kier alpha value is -0.360. The van der Waals surface area contributed by atoms with Crippen molar-refractivity contribution >= 4 is 10.8 Å². The highest BCUT2D eigenvalue weighted by molar-refractivity contribution is 7.85. The van der Waals surface area contributed by atoms with Crippen molar-refractivity contribution in [2.75, 3.05) is 5.75 Å². The lowest BCUT2D eigenvalue weighted by molar-refractivity contribution is 0.672. The van der Waals surface area contributed by atoms with Crippen LogP contribution in [-0.2, 0) is 10.8 Å². The molecule has 2 unspecified atom stereocenters. The van der Waals surface area contributed by atoms with Crippen LogP contribution in [0.1, 0.15) is 33.1 Å². The highest BCUT2D eigenvalue weighted by Gasteiger charge is 2.11. The van der Waals surface area contributed by atoms with Gasteiger partial charge in [0.2, 0.25) is 0 Å². The summed E-state index contributed by atoms with van der Waals surface area (Å²) in [5.74, 6) is 0.683. The average molecular weight is 173 g/mol. The van der Waals surface area contributed by atoms with E-state index in [0.29, 0.717) is 12.2 Å². The highest BCUT2D eigenvalue weighted by Crippen LogP contribution is 2.03. The third-order valence-electron chi connectivity index (χ3n) is 1.53. The van der Waals surface area contributed by atoms with E-state index >= 15 is 0 Å². The Labute approximate surface area is 71.1 Å². The van der Waals surface area contributed by atoms with Crippen LogP contribution in [-0.4, -0.2) is 15.2 Å². The fraction of sp³-hybridized carbons (Fsp3) is 0.875. The van der Waals surface area contributed by atoms with Crippen molar-refractivity contribution in [3.8, 4) is 6.07 Å². The molecule has 0 aliphatic heterocycles. The van der Waals surface area contributed by atoms with E-state index in [9.17, 15) is 4.21 Å². The van der Waals surface area contributed by atoms with Gasteiger partial charge in [0.05, 0.1) is 6.07 Å². The smallest absolute Gasteiger partial charge is 0.121 e. The summed E-state index contributed by atoms with van der Waals surface area (Å²) < 4.78 is 11.3. The van der Waals surface area contributed by atoms with Gasteiger partial charge in [-0.05, 0) is 12.8 Å².